The second-order valence-corrected chi connectivity index (χ2v) is 4.95. The summed E-state index contributed by atoms with van der Waals surface area (Å²) in [7, 11) is 1.74. The van der Waals surface area contributed by atoms with Crippen LogP contribution in [0.5, 0.6) is 5.75 Å². The van der Waals surface area contributed by atoms with E-state index in [2.05, 4.69) is 56.1 Å². The van der Waals surface area contributed by atoms with Crippen molar-refractivity contribution in [3.05, 3.63) is 29.3 Å². The molecule has 19 heavy (non-hydrogen) atoms. The number of nitrogens with zero attached hydrogens (tertiary/aromatic N) is 1. The maximum atomic E-state index is 5.47. The van der Waals surface area contributed by atoms with Crippen molar-refractivity contribution >= 4 is 0 Å². The van der Waals surface area contributed by atoms with Crippen LogP contribution in [0.1, 0.15) is 37.9 Å². The van der Waals surface area contributed by atoms with Crippen LogP contribution in [0.15, 0.2) is 18.2 Å². The molecular weight excluding hydrogens is 236 g/mol. The molecule has 0 fully saturated rings. The van der Waals surface area contributed by atoms with Gasteiger partial charge in [-0.1, -0.05) is 26.0 Å². The zero-order chi connectivity index (χ0) is 14.3. The number of hydrogen-bond acceptors (Lipinski definition) is 3. The summed E-state index contributed by atoms with van der Waals surface area (Å²) in [6.45, 7) is 13.0. The van der Waals surface area contributed by atoms with Crippen LogP contribution in [0.3, 0.4) is 0 Å². The molecule has 1 N–H and O–H groups in total. The van der Waals surface area contributed by atoms with Crippen LogP contribution in [-0.4, -0.2) is 38.2 Å². The van der Waals surface area contributed by atoms with Crippen LogP contribution in [0.2, 0.25) is 0 Å². The lowest BCUT2D eigenvalue weighted by molar-refractivity contribution is 0.297. The summed E-state index contributed by atoms with van der Waals surface area (Å²) >= 11 is 0. The molecule has 0 amide bonds. The predicted molar refractivity (Wildman–Crippen MR) is 81.9 cm³/mol. The van der Waals surface area contributed by atoms with Crippen LogP contribution >= 0.6 is 0 Å². The summed E-state index contributed by atoms with van der Waals surface area (Å²) in [5.41, 5.74) is 2.46. The minimum atomic E-state index is 0.311. The third kappa shape index (κ3) is 4.84. The molecule has 1 atom stereocenters. The highest BCUT2D eigenvalue weighted by atomic mass is 16.5. The fourth-order valence-electron chi connectivity index (χ4n) is 2.27. The number of hydrogen-bond donors (Lipinski definition) is 1. The first kappa shape index (κ1) is 16.0. The minimum Gasteiger partial charge on any atom is -0.496 e. The summed E-state index contributed by atoms with van der Waals surface area (Å²) < 4.78 is 5.47. The van der Waals surface area contributed by atoms with Crippen molar-refractivity contribution in [2.45, 2.75) is 33.7 Å². The Bertz CT molecular complexity index is 375. The lowest BCUT2D eigenvalue weighted by Gasteiger charge is -2.21. The first-order valence-corrected chi connectivity index (χ1v) is 7.22. The zero-order valence-electron chi connectivity index (χ0n) is 13.0. The van der Waals surface area contributed by atoms with Crippen molar-refractivity contribution in [2.75, 3.05) is 33.3 Å². The van der Waals surface area contributed by atoms with Gasteiger partial charge in [0.1, 0.15) is 5.75 Å². The minimum absolute atomic E-state index is 0.311. The van der Waals surface area contributed by atoms with Crippen molar-refractivity contribution < 1.29 is 4.74 Å². The van der Waals surface area contributed by atoms with Crippen LogP contribution < -0.4 is 10.1 Å². The summed E-state index contributed by atoms with van der Waals surface area (Å²) in [4.78, 5) is 2.42. The van der Waals surface area contributed by atoms with E-state index in [4.69, 9.17) is 4.74 Å². The second-order valence-electron chi connectivity index (χ2n) is 4.95. The summed E-state index contributed by atoms with van der Waals surface area (Å²) in [6.07, 6.45) is 0. The number of likely N-dealkylation sites (N-methyl/N-ethyl adjacent to an activating group) is 1. The van der Waals surface area contributed by atoms with E-state index < -0.39 is 0 Å². The monoisotopic (exact) mass is 264 g/mol. The molecule has 0 spiro atoms. The summed E-state index contributed by atoms with van der Waals surface area (Å²) in [6, 6.07) is 6.70. The van der Waals surface area contributed by atoms with Crippen LogP contribution in [0.25, 0.3) is 0 Å². The fourth-order valence-corrected chi connectivity index (χ4v) is 2.27. The Hall–Kier alpha value is -1.06. The van der Waals surface area contributed by atoms with E-state index in [1.165, 1.54) is 11.1 Å². The van der Waals surface area contributed by atoms with Crippen LogP contribution in [-0.2, 0) is 0 Å². The van der Waals surface area contributed by atoms with E-state index in [0.717, 1.165) is 31.9 Å². The molecule has 108 valence electrons. The molecule has 0 heterocycles. The van der Waals surface area contributed by atoms with Gasteiger partial charge in [0.2, 0.25) is 0 Å². The Labute approximate surface area is 118 Å². The molecule has 0 radical (unpaired) electrons. The number of methoxy groups -OCH3 is 1. The number of benzene rings is 1. The van der Waals surface area contributed by atoms with Crippen LogP contribution in [0, 0.1) is 6.92 Å². The number of aryl methyl sites for hydroxylation is 1. The third-order valence-corrected chi connectivity index (χ3v) is 3.63. The predicted octanol–water partition coefficient (Wildman–Crippen LogP) is 3.00. The molecule has 0 bridgehead atoms. The first-order valence-electron chi connectivity index (χ1n) is 7.22. The van der Waals surface area contributed by atoms with Crippen molar-refractivity contribution in [1.29, 1.82) is 0 Å². The highest BCUT2D eigenvalue weighted by molar-refractivity contribution is 5.38. The quantitative estimate of drug-likeness (QED) is 0.781. The largest absolute Gasteiger partial charge is 0.496 e. The molecule has 0 aliphatic heterocycles. The lowest BCUT2D eigenvalue weighted by Crippen LogP contribution is -2.33. The number of ether oxygens (including phenoxy) is 1. The Morgan fingerprint density at radius 1 is 1.26 bits per heavy atom. The van der Waals surface area contributed by atoms with Gasteiger partial charge in [0.15, 0.2) is 0 Å². The highest BCUT2D eigenvalue weighted by Gasteiger charge is 2.11. The smallest absolute Gasteiger partial charge is 0.123 e. The lowest BCUT2D eigenvalue weighted by atomic mass is 10.0. The topological polar surface area (TPSA) is 24.5 Å². The van der Waals surface area contributed by atoms with E-state index in [1.807, 2.05) is 0 Å². The van der Waals surface area contributed by atoms with Gasteiger partial charge in [-0.25, -0.2) is 0 Å². The van der Waals surface area contributed by atoms with Crippen molar-refractivity contribution in [2.24, 2.45) is 0 Å². The molecule has 0 aliphatic rings. The average molecular weight is 264 g/mol. The normalized spacial score (nSPS) is 12.7. The Kier molecular flexibility index (Phi) is 6.89. The van der Waals surface area contributed by atoms with E-state index in [-0.39, 0.29) is 0 Å². The van der Waals surface area contributed by atoms with Gasteiger partial charge in [0.25, 0.3) is 0 Å². The highest BCUT2D eigenvalue weighted by Crippen LogP contribution is 2.25. The SMILES string of the molecule is CCN(CC)CCNC(C)c1ccc(C)cc1OC. The number of rotatable bonds is 8. The van der Waals surface area contributed by atoms with E-state index in [0.29, 0.717) is 6.04 Å². The van der Waals surface area contributed by atoms with E-state index in [9.17, 15) is 0 Å². The van der Waals surface area contributed by atoms with Crippen molar-refractivity contribution in [3.8, 4) is 5.75 Å². The molecule has 0 saturated carbocycles. The summed E-state index contributed by atoms with van der Waals surface area (Å²) in [5, 5.41) is 3.57. The molecule has 1 rings (SSSR count). The van der Waals surface area contributed by atoms with E-state index in [1.54, 1.807) is 7.11 Å². The third-order valence-electron chi connectivity index (χ3n) is 3.63. The molecule has 1 aromatic carbocycles. The first-order chi connectivity index (χ1) is 9.12. The maximum Gasteiger partial charge on any atom is 0.123 e. The standard InChI is InChI=1S/C16H28N2O/c1-6-18(7-2)11-10-17-14(4)15-9-8-13(3)12-16(15)19-5/h8-9,12,14,17H,6-7,10-11H2,1-5H3. The molecule has 3 heteroatoms. The Morgan fingerprint density at radius 2 is 1.95 bits per heavy atom. The Morgan fingerprint density at radius 3 is 2.53 bits per heavy atom. The molecule has 1 unspecified atom stereocenters. The summed E-state index contributed by atoms with van der Waals surface area (Å²) in [5.74, 6) is 0.975. The van der Waals surface area contributed by atoms with Gasteiger partial charge in [-0.2, -0.15) is 0 Å². The Balaban J connectivity index is 2.56. The fraction of sp³-hybridized carbons (Fsp3) is 0.625. The van der Waals surface area contributed by atoms with Gasteiger partial charge >= 0.3 is 0 Å². The maximum absolute atomic E-state index is 5.47. The van der Waals surface area contributed by atoms with Gasteiger partial charge in [0, 0.05) is 24.7 Å². The van der Waals surface area contributed by atoms with E-state index >= 15 is 0 Å². The van der Waals surface area contributed by atoms with Crippen molar-refractivity contribution in [1.82, 2.24) is 10.2 Å². The van der Waals surface area contributed by atoms with Gasteiger partial charge in [0.05, 0.1) is 7.11 Å². The molecule has 0 saturated heterocycles. The van der Waals surface area contributed by atoms with Crippen LogP contribution in [0.4, 0.5) is 0 Å². The van der Waals surface area contributed by atoms with Gasteiger partial charge in [-0.05, 0) is 38.6 Å². The molecule has 0 aliphatic carbocycles. The molecule has 3 nitrogen and oxygen atoms in total. The van der Waals surface area contributed by atoms with Gasteiger partial charge in [-0.15, -0.1) is 0 Å². The van der Waals surface area contributed by atoms with Crippen molar-refractivity contribution in [3.63, 3.8) is 0 Å². The molecule has 1 aromatic rings. The van der Waals surface area contributed by atoms with Gasteiger partial charge in [-0.3, -0.25) is 0 Å². The molecular formula is C16H28N2O. The average Bonchev–Trinajstić information content (AvgIpc) is 2.43. The zero-order valence-corrected chi connectivity index (χ0v) is 13.0. The second kappa shape index (κ2) is 8.18. The molecule has 0 aromatic heterocycles. The number of nitrogens with one attached hydrogen (secondary N) is 1. The van der Waals surface area contributed by atoms with Gasteiger partial charge < -0.3 is 15.0 Å².